The topological polar surface area (TPSA) is 100 Å². The van der Waals surface area contributed by atoms with E-state index in [9.17, 15) is 20.1 Å². The Kier molecular flexibility index (Phi) is 7.97. The number of hydrogen-bond acceptors (Lipinski definition) is 6. The molecule has 6 heteroatoms. The minimum atomic E-state index is -0.694. The third-order valence-corrected chi connectivity index (χ3v) is 3.90. The van der Waals surface area contributed by atoms with Gasteiger partial charge in [0.05, 0.1) is 13.2 Å². The molecule has 0 saturated heterocycles. The van der Waals surface area contributed by atoms with Crippen LogP contribution in [0.4, 0.5) is 0 Å². The molecule has 0 amide bonds. The first-order valence-electron chi connectivity index (χ1n) is 8.49. The summed E-state index contributed by atoms with van der Waals surface area (Å²) < 4.78 is 9.79. The molecule has 0 N–H and O–H groups in total. The molecule has 0 aromatic heterocycles. The van der Waals surface area contributed by atoms with Crippen molar-refractivity contribution in [2.24, 2.45) is 0 Å². The van der Waals surface area contributed by atoms with E-state index in [1.165, 1.54) is 12.2 Å². The summed E-state index contributed by atoms with van der Waals surface area (Å²) in [5.41, 5.74) is 3.54. The van der Waals surface area contributed by atoms with Gasteiger partial charge in [-0.05, 0) is 74.6 Å². The first kappa shape index (κ1) is 21.7. The molecule has 0 aliphatic heterocycles. The molecule has 0 aliphatic carbocycles. The summed E-state index contributed by atoms with van der Waals surface area (Å²) in [6, 6.07) is 5.58. The van der Waals surface area contributed by atoms with Crippen molar-refractivity contribution in [3.8, 4) is 12.1 Å². The van der Waals surface area contributed by atoms with Crippen LogP contribution in [0.3, 0.4) is 0 Å². The number of rotatable bonds is 6. The Morgan fingerprint density at radius 1 is 0.889 bits per heavy atom. The zero-order valence-electron chi connectivity index (χ0n) is 16.2. The van der Waals surface area contributed by atoms with Gasteiger partial charge in [-0.25, -0.2) is 9.59 Å². The van der Waals surface area contributed by atoms with Crippen molar-refractivity contribution in [1.29, 1.82) is 10.5 Å². The Balaban J connectivity index is 3.59. The van der Waals surface area contributed by atoms with E-state index in [4.69, 9.17) is 9.47 Å². The number of nitrogens with zero attached hydrogens (tertiary/aromatic N) is 2. The summed E-state index contributed by atoms with van der Waals surface area (Å²) in [6.07, 6.45) is 2.94. The Labute approximate surface area is 159 Å². The van der Waals surface area contributed by atoms with E-state index in [-0.39, 0.29) is 24.4 Å². The molecular weight excluding hydrogens is 344 g/mol. The van der Waals surface area contributed by atoms with Crippen LogP contribution < -0.4 is 0 Å². The Bertz CT molecular complexity index is 826. The zero-order valence-corrected chi connectivity index (χ0v) is 16.2. The molecule has 1 rings (SSSR count). The van der Waals surface area contributed by atoms with Gasteiger partial charge in [-0.2, -0.15) is 10.5 Å². The molecule has 0 heterocycles. The number of aryl methyl sites for hydroxylation is 2. The van der Waals surface area contributed by atoms with Gasteiger partial charge < -0.3 is 9.47 Å². The van der Waals surface area contributed by atoms with E-state index in [1.54, 1.807) is 20.8 Å². The first-order valence-corrected chi connectivity index (χ1v) is 8.49. The third kappa shape index (κ3) is 5.29. The fourth-order valence-electron chi connectivity index (χ4n) is 2.64. The average molecular weight is 366 g/mol. The van der Waals surface area contributed by atoms with Crippen molar-refractivity contribution < 1.29 is 19.1 Å². The van der Waals surface area contributed by atoms with Crippen molar-refractivity contribution in [3.05, 3.63) is 45.0 Å². The summed E-state index contributed by atoms with van der Waals surface area (Å²) in [5.74, 6) is -1.39. The van der Waals surface area contributed by atoms with Crippen LogP contribution in [0.5, 0.6) is 0 Å². The molecular formula is C21H22N2O4. The molecule has 0 radical (unpaired) electrons. The van der Waals surface area contributed by atoms with Crippen LogP contribution in [0.1, 0.15) is 41.7 Å². The average Bonchev–Trinajstić information content (AvgIpc) is 2.62. The van der Waals surface area contributed by atoms with Crippen LogP contribution in [0.2, 0.25) is 0 Å². The summed E-state index contributed by atoms with van der Waals surface area (Å²) in [5, 5.41) is 18.5. The number of carbonyl (C=O) groups is 2. The highest BCUT2D eigenvalue weighted by Crippen LogP contribution is 2.27. The van der Waals surface area contributed by atoms with Crippen molar-refractivity contribution in [2.75, 3.05) is 13.2 Å². The highest BCUT2D eigenvalue weighted by Gasteiger charge is 2.16. The number of hydrogen-bond donors (Lipinski definition) is 0. The van der Waals surface area contributed by atoms with Crippen LogP contribution >= 0.6 is 0 Å². The normalized spacial score (nSPS) is 11.4. The molecule has 0 bridgehead atoms. The summed E-state index contributed by atoms with van der Waals surface area (Å²) in [4.78, 5) is 23.8. The number of esters is 2. The molecule has 27 heavy (non-hydrogen) atoms. The Hall–Kier alpha value is -3.38. The summed E-state index contributed by atoms with van der Waals surface area (Å²) in [6.45, 7) is 9.18. The molecule has 0 saturated carbocycles. The van der Waals surface area contributed by atoms with Gasteiger partial charge in [0.2, 0.25) is 0 Å². The van der Waals surface area contributed by atoms with Crippen LogP contribution in [0.15, 0.2) is 17.2 Å². The maximum Gasteiger partial charge on any atom is 0.348 e. The predicted molar refractivity (Wildman–Crippen MR) is 101 cm³/mol. The lowest BCUT2D eigenvalue weighted by molar-refractivity contribution is -0.138. The number of benzene rings is 1. The monoisotopic (exact) mass is 366 g/mol. The van der Waals surface area contributed by atoms with E-state index in [0.717, 1.165) is 16.7 Å². The first-order chi connectivity index (χ1) is 12.8. The predicted octanol–water partition coefficient (Wildman–Crippen LogP) is 3.55. The number of carbonyl (C=O) groups excluding carboxylic acids is 2. The smallest absolute Gasteiger partial charge is 0.348 e. The Morgan fingerprint density at radius 3 is 1.56 bits per heavy atom. The van der Waals surface area contributed by atoms with Crippen molar-refractivity contribution >= 4 is 24.1 Å². The summed E-state index contributed by atoms with van der Waals surface area (Å²) in [7, 11) is 0. The molecule has 0 atom stereocenters. The second-order valence-corrected chi connectivity index (χ2v) is 5.74. The van der Waals surface area contributed by atoms with Crippen LogP contribution in [-0.4, -0.2) is 25.2 Å². The SMILES string of the molecule is CCOC(=O)C(C#N)=Cc1c(C)cc(C)c(C=C(C#N)C(=O)OCC)c1C. The molecule has 1 aromatic carbocycles. The minimum Gasteiger partial charge on any atom is -0.462 e. The molecule has 140 valence electrons. The molecule has 6 nitrogen and oxygen atoms in total. The van der Waals surface area contributed by atoms with Crippen LogP contribution in [0.25, 0.3) is 12.2 Å². The van der Waals surface area contributed by atoms with Gasteiger partial charge >= 0.3 is 11.9 Å². The van der Waals surface area contributed by atoms with Crippen molar-refractivity contribution in [2.45, 2.75) is 34.6 Å². The van der Waals surface area contributed by atoms with Gasteiger partial charge in [0.1, 0.15) is 23.3 Å². The fraction of sp³-hybridized carbons (Fsp3) is 0.333. The maximum atomic E-state index is 11.9. The fourth-order valence-corrected chi connectivity index (χ4v) is 2.64. The van der Waals surface area contributed by atoms with E-state index < -0.39 is 11.9 Å². The number of nitriles is 2. The highest BCUT2D eigenvalue weighted by molar-refractivity contribution is 6.00. The lowest BCUT2D eigenvalue weighted by atomic mass is 9.91. The van der Waals surface area contributed by atoms with E-state index in [2.05, 4.69) is 0 Å². The zero-order chi connectivity index (χ0) is 20.6. The van der Waals surface area contributed by atoms with Crippen LogP contribution in [0, 0.1) is 43.4 Å². The molecule has 0 spiro atoms. The third-order valence-electron chi connectivity index (χ3n) is 3.90. The van der Waals surface area contributed by atoms with Gasteiger partial charge in [0.15, 0.2) is 0 Å². The minimum absolute atomic E-state index is 0.118. The van der Waals surface area contributed by atoms with Gasteiger partial charge in [-0.15, -0.1) is 0 Å². The van der Waals surface area contributed by atoms with E-state index in [0.29, 0.717) is 11.1 Å². The largest absolute Gasteiger partial charge is 0.462 e. The number of ether oxygens (including phenoxy) is 2. The maximum absolute atomic E-state index is 11.9. The second kappa shape index (κ2) is 9.94. The van der Waals surface area contributed by atoms with Crippen molar-refractivity contribution in [1.82, 2.24) is 0 Å². The molecule has 0 aliphatic rings. The second-order valence-electron chi connectivity index (χ2n) is 5.74. The summed E-state index contributed by atoms with van der Waals surface area (Å²) >= 11 is 0. The standard InChI is InChI=1S/C21H22N2O4/c1-6-26-20(24)16(11-22)9-18-13(3)8-14(4)19(15(18)5)10-17(12-23)21(25)27-7-2/h8-10H,6-7H2,1-5H3. The Morgan fingerprint density at radius 2 is 1.26 bits per heavy atom. The van der Waals surface area contributed by atoms with Crippen LogP contribution in [-0.2, 0) is 19.1 Å². The van der Waals surface area contributed by atoms with Gasteiger partial charge in [-0.3, -0.25) is 0 Å². The quantitative estimate of drug-likeness (QED) is 0.433. The highest BCUT2D eigenvalue weighted by atomic mass is 16.5. The molecule has 1 aromatic rings. The van der Waals surface area contributed by atoms with E-state index >= 15 is 0 Å². The lowest BCUT2D eigenvalue weighted by Crippen LogP contribution is -2.08. The molecule has 0 fully saturated rings. The van der Waals surface area contributed by atoms with Gasteiger partial charge in [0, 0.05) is 0 Å². The van der Waals surface area contributed by atoms with Gasteiger partial charge in [0.25, 0.3) is 0 Å². The molecule has 0 unspecified atom stereocenters. The van der Waals surface area contributed by atoms with Crippen molar-refractivity contribution in [3.63, 3.8) is 0 Å². The van der Waals surface area contributed by atoms with Gasteiger partial charge in [-0.1, -0.05) is 6.07 Å². The van der Waals surface area contributed by atoms with E-state index in [1.807, 2.05) is 32.1 Å². The lowest BCUT2D eigenvalue weighted by Gasteiger charge is -2.14.